The van der Waals surface area contributed by atoms with Crippen molar-refractivity contribution in [3.05, 3.63) is 59.2 Å². The van der Waals surface area contributed by atoms with Crippen LogP contribution in [0.15, 0.2) is 42.5 Å². The van der Waals surface area contributed by atoms with E-state index in [0.29, 0.717) is 6.54 Å². The molecule has 1 aliphatic rings. The lowest BCUT2D eigenvalue weighted by Crippen LogP contribution is -2.13. The molecule has 0 spiro atoms. The molecule has 0 atom stereocenters. The molecule has 0 aliphatic heterocycles. The summed E-state index contributed by atoms with van der Waals surface area (Å²) in [5, 5.41) is 6.10. The van der Waals surface area contributed by atoms with Crippen molar-refractivity contribution in [1.82, 2.24) is 0 Å². The lowest BCUT2D eigenvalue weighted by atomic mass is 10.1. The van der Waals surface area contributed by atoms with Crippen LogP contribution in [-0.4, -0.2) is 5.91 Å². The van der Waals surface area contributed by atoms with Crippen molar-refractivity contribution in [3.8, 4) is 0 Å². The third-order valence-electron chi connectivity index (χ3n) is 4.22. The first-order valence-electron chi connectivity index (χ1n) is 8.14. The van der Waals surface area contributed by atoms with Gasteiger partial charge in [0.25, 0.3) is 0 Å². The van der Waals surface area contributed by atoms with Crippen molar-refractivity contribution in [2.75, 3.05) is 10.6 Å². The maximum atomic E-state index is 12.6. The van der Waals surface area contributed by atoms with Crippen LogP contribution in [0.1, 0.15) is 29.5 Å². The Kier molecular flexibility index (Phi) is 4.70. The number of hydrogen-bond acceptors (Lipinski definition) is 2. The van der Waals surface area contributed by atoms with E-state index in [1.54, 1.807) is 0 Å². The topological polar surface area (TPSA) is 41.1 Å². The molecule has 3 rings (SSSR count). The Morgan fingerprint density at radius 1 is 1.12 bits per heavy atom. The molecule has 3 nitrogen and oxygen atoms in total. The number of nitrogens with one attached hydrogen (secondary N) is 2. The smallest absolute Gasteiger partial charge is 0.381 e. The molecule has 1 aliphatic carbocycles. The van der Waals surface area contributed by atoms with Crippen molar-refractivity contribution >= 4 is 17.3 Å². The predicted molar refractivity (Wildman–Crippen MR) is 91.3 cm³/mol. The number of amides is 1. The first kappa shape index (κ1) is 17.3. The maximum absolute atomic E-state index is 12.6. The van der Waals surface area contributed by atoms with E-state index in [4.69, 9.17) is 0 Å². The van der Waals surface area contributed by atoms with Crippen LogP contribution in [-0.2, 0) is 17.5 Å². The minimum Gasteiger partial charge on any atom is -0.381 e. The van der Waals surface area contributed by atoms with E-state index in [2.05, 4.69) is 10.6 Å². The Balaban J connectivity index is 1.64. The fourth-order valence-electron chi connectivity index (χ4n) is 2.49. The number of rotatable bonds is 5. The average Bonchev–Trinajstić information content (AvgIpc) is 3.40. The Morgan fingerprint density at radius 2 is 1.80 bits per heavy atom. The molecule has 2 aromatic carbocycles. The Morgan fingerprint density at radius 3 is 2.40 bits per heavy atom. The highest BCUT2D eigenvalue weighted by molar-refractivity contribution is 5.94. The molecule has 1 amide bonds. The van der Waals surface area contributed by atoms with E-state index >= 15 is 0 Å². The van der Waals surface area contributed by atoms with Gasteiger partial charge in [0.2, 0.25) is 5.91 Å². The lowest BCUT2D eigenvalue weighted by Gasteiger charge is -2.13. The number of benzene rings is 2. The summed E-state index contributed by atoms with van der Waals surface area (Å²) in [5.41, 5.74) is 2.65. The van der Waals surface area contributed by atoms with E-state index in [9.17, 15) is 18.0 Å². The summed E-state index contributed by atoms with van der Waals surface area (Å²) in [4.78, 5) is 11.8. The summed E-state index contributed by atoms with van der Waals surface area (Å²) in [6.07, 6.45) is -2.44. The van der Waals surface area contributed by atoms with Gasteiger partial charge in [-0.2, -0.15) is 13.2 Å². The zero-order chi connectivity index (χ0) is 18.0. The summed E-state index contributed by atoms with van der Waals surface area (Å²) in [6.45, 7) is 2.33. The minimum atomic E-state index is -4.32. The number of hydrogen-bond donors (Lipinski definition) is 2. The van der Waals surface area contributed by atoms with Crippen molar-refractivity contribution < 1.29 is 18.0 Å². The zero-order valence-electron chi connectivity index (χ0n) is 13.8. The highest BCUT2D eigenvalue weighted by Gasteiger charge is 2.30. The number of halogens is 3. The third-order valence-corrected chi connectivity index (χ3v) is 4.22. The van der Waals surface area contributed by atoms with Gasteiger partial charge in [-0.1, -0.05) is 18.2 Å². The molecule has 0 saturated heterocycles. The zero-order valence-corrected chi connectivity index (χ0v) is 13.8. The molecule has 25 heavy (non-hydrogen) atoms. The van der Waals surface area contributed by atoms with Crippen molar-refractivity contribution in [2.24, 2.45) is 5.92 Å². The quantitative estimate of drug-likeness (QED) is 0.801. The molecule has 0 aromatic heterocycles. The molecule has 6 heteroatoms. The van der Waals surface area contributed by atoms with Crippen molar-refractivity contribution in [1.29, 1.82) is 0 Å². The number of carbonyl (C=O) groups is 1. The second-order valence-corrected chi connectivity index (χ2v) is 6.34. The third kappa shape index (κ3) is 4.53. The molecular weight excluding hydrogens is 329 g/mol. The van der Waals surface area contributed by atoms with Gasteiger partial charge in [0.05, 0.1) is 5.56 Å². The normalized spacial score (nSPS) is 14.2. The molecule has 2 N–H and O–H groups in total. The highest BCUT2D eigenvalue weighted by Crippen LogP contribution is 2.31. The number of alkyl halides is 3. The number of carbonyl (C=O) groups excluding carboxylic acids is 1. The van der Waals surface area contributed by atoms with E-state index < -0.39 is 11.7 Å². The van der Waals surface area contributed by atoms with Crippen LogP contribution in [0.5, 0.6) is 0 Å². The first-order chi connectivity index (χ1) is 11.8. The van der Waals surface area contributed by atoms with Gasteiger partial charge in [-0.05, 0) is 55.2 Å². The predicted octanol–water partition coefficient (Wildman–Crippen LogP) is 4.97. The molecule has 0 heterocycles. The molecular formula is C19H19F3N2O. The minimum absolute atomic E-state index is 0.0394. The fourth-order valence-corrected chi connectivity index (χ4v) is 2.49. The summed E-state index contributed by atoms with van der Waals surface area (Å²) in [6, 6.07) is 10.7. The van der Waals surface area contributed by atoms with Gasteiger partial charge in [-0.15, -0.1) is 0 Å². The fraction of sp³-hybridized carbons (Fsp3) is 0.316. The lowest BCUT2D eigenvalue weighted by molar-refractivity contribution is -0.137. The van der Waals surface area contributed by atoms with Gasteiger partial charge in [0, 0.05) is 23.8 Å². The summed E-state index contributed by atoms with van der Waals surface area (Å²) >= 11 is 0. The number of anilines is 2. The summed E-state index contributed by atoms with van der Waals surface area (Å²) in [5.74, 6) is 0.169. The van der Waals surface area contributed by atoms with E-state index in [0.717, 1.165) is 47.5 Å². The van der Waals surface area contributed by atoms with Gasteiger partial charge in [-0.3, -0.25) is 4.79 Å². The van der Waals surface area contributed by atoms with Crippen LogP contribution in [0.25, 0.3) is 0 Å². The average molecular weight is 348 g/mol. The SMILES string of the molecule is Cc1ccc(NC(=O)C2CC2)cc1NCc1ccc(C(F)(F)F)cc1. The second-order valence-electron chi connectivity index (χ2n) is 6.34. The van der Waals surface area contributed by atoms with Crippen LogP contribution < -0.4 is 10.6 Å². The first-order valence-corrected chi connectivity index (χ1v) is 8.14. The molecule has 1 fully saturated rings. The molecule has 0 unspecified atom stereocenters. The molecule has 132 valence electrons. The van der Waals surface area contributed by atoms with Gasteiger partial charge in [0.1, 0.15) is 0 Å². The van der Waals surface area contributed by atoms with Gasteiger partial charge in [-0.25, -0.2) is 0 Å². The van der Waals surface area contributed by atoms with E-state index in [1.807, 2.05) is 25.1 Å². The standard InChI is InChI=1S/C19H19F3N2O/c1-12-2-9-16(24-18(25)14-5-6-14)10-17(12)23-11-13-3-7-15(8-4-13)19(20,21)22/h2-4,7-10,14,23H,5-6,11H2,1H3,(H,24,25). The summed E-state index contributed by atoms with van der Waals surface area (Å²) < 4.78 is 37.7. The molecule has 0 bridgehead atoms. The van der Waals surface area contributed by atoms with Crippen LogP contribution in [0.3, 0.4) is 0 Å². The van der Waals surface area contributed by atoms with Crippen LogP contribution in [0.4, 0.5) is 24.5 Å². The molecule has 1 saturated carbocycles. The Hall–Kier alpha value is -2.50. The monoisotopic (exact) mass is 348 g/mol. The second kappa shape index (κ2) is 6.78. The van der Waals surface area contributed by atoms with E-state index in [1.165, 1.54) is 12.1 Å². The highest BCUT2D eigenvalue weighted by atomic mass is 19.4. The maximum Gasteiger partial charge on any atom is 0.416 e. The van der Waals surface area contributed by atoms with Gasteiger partial charge < -0.3 is 10.6 Å². The Bertz CT molecular complexity index is 765. The van der Waals surface area contributed by atoms with Crippen molar-refractivity contribution in [2.45, 2.75) is 32.5 Å². The summed E-state index contributed by atoms with van der Waals surface area (Å²) in [7, 11) is 0. The Labute approximate surface area is 144 Å². The van der Waals surface area contributed by atoms with Crippen molar-refractivity contribution in [3.63, 3.8) is 0 Å². The largest absolute Gasteiger partial charge is 0.416 e. The van der Waals surface area contributed by atoms with Gasteiger partial charge in [0.15, 0.2) is 0 Å². The van der Waals surface area contributed by atoms with E-state index in [-0.39, 0.29) is 11.8 Å². The van der Waals surface area contributed by atoms with Crippen LogP contribution in [0.2, 0.25) is 0 Å². The van der Waals surface area contributed by atoms with Crippen LogP contribution >= 0.6 is 0 Å². The molecule has 0 radical (unpaired) electrons. The number of aryl methyl sites for hydroxylation is 1. The van der Waals surface area contributed by atoms with Crippen LogP contribution in [0, 0.1) is 12.8 Å². The molecule has 2 aromatic rings. The van der Waals surface area contributed by atoms with Gasteiger partial charge >= 0.3 is 6.18 Å².